The number of anilines is 1. The second-order valence-electron chi connectivity index (χ2n) is 16.3. The minimum atomic E-state index is -3.86. The van der Waals surface area contributed by atoms with Crippen LogP contribution in [-0.4, -0.2) is 76.6 Å². The molecule has 2 aromatic rings. The molecule has 4 N–H and O–H groups in total. The van der Waals surface area contributed by atoms with Crippen LogP contribution in [0.3, 0.4) is 0 Å². The molecule has 6 rings (SSSR count). The molecule has 2 aliphatic heterocycles. The maximum absolute atomic E-state index is 14.7. The smallest absolute Gasteiger partial charge is 0.408 e. The Morgan fingerprint density at radius 2 is 1.75 bits per heavy atom. The molecule has 12 nitrogen and oxygen atoms in total. The minimum Gasteiger partial charge on any atom is -0.465 e. The van der Waals surface area contributed by atoms with Crippen molar-refractivity contribution in [3.63, 3.8) is 0 Å². The van der Waals surface area contributed by atoms with Gasteiger partial charge >= 0.3 is 6.09 Å². The maximum atomic E-state index is 14.7. The Balaban J connectivity index is 1.33. The predicted molar refractivity (Wildman–Crippen MR) is 198 cm³/mol. The number of halogens is 1. The van der Waals surface area contributed by atoms with Crippen LogP contribution in [0.15, 0.2) is 42.5 Å². The van der Waals surface area contributed by atoms with E-state index in [2.05, 4.69) is 36.1 Å². The standard InChI is InChI=1S/C38H50ClN5O7S/c1-7-23-18-38(23,35(47)42-52(50,51)26-14-15-26)41-33(45)30-16-22(32-27-12-9-13-29(39)28(27)20-44(32)36(48)49)19-43(30)34(46)31(21(2)3)40-25-11-8-10-24(17-25)37(4,5)6/h8-13,17,21-23,26,30-32,40H,7,14-16,18-20H2,1-6H3,(H,41,45)(H,42,47)(H,48,49)/t22-,23-,30+,31+,32?,38-/m1/s1. The SMILES string of the molecule is CC[C@@H]1C[C@]1(NC(=O)[C@@H]1C[C@@H](C2c3cccc(Cl)c3CN2C(=O)O)CN1C(=O)[C@@H](Nc1cccc(C(C)(C)C)c1)C(C)C)C(=O)NS(=O)(=O)C1CC1. The number of nitrogens with zero attached hydrogens (tertiary/aromatic N) is 2. The fourth-order valence-corrected chi connectivity index (χ4v) is 9.59. The quantitative estimate of drug-likeness (QED) is 0.236. The highest BCUT2D eigenvalue weighted by molar-refractivity contribution is 7.91. The highest BCUT2D eigenvalue weighted by atomic mass is 35.5. The van der Waals surface area contributed by atoms with E-state index in [1.807, 2.05) is 51.1 Å². The first-order valence-electron chi connectivity index (χ1n) is 18.2. The van der Waals surface area contributed by atoms with Crippen LogP contribution in [0.2, 0.25) is 5.02 Å². The van der Waals surface area contributed by atoms with Gasteiger partial charge in [0.15, 0.2) is 0 Å². The number of amides is 4. The van der Waals surface area contributed by atoms with Gasteiger partial charge in [-0.15, -0.1) is 0 Å². The van der Waals surface area contributed by atoms with Gasteiger partial charge in [-0.1, -0.05) is 83.8 Å². The lowest BCUT2D eigenvalue weighted by atomic mass is 9.87. The van der Waals surface area contributed by atoms with Gasteiger partial charge in [0.25, 0.3) is 5.91 Å². The lowest BCUT2D eigenvalue weighted by molar-refractivity contribution is -0.140. The molecule has 2 saturated carbocycles. The highest BCUT2D eigenvalue weighted by Crippen LogP contribution is 2.49. The van der Waals surface area contributed by atoms with Gasteiger partial charge in [0.2, 0.25) is 21.8 Å². The number of carbonyl (C=O) groups is 4. The number of fused-ring (bicyclic) bond motifs is 1. The highest BCUT2D eigenvalue weighted by Gasteiger charge is 2.62. The van der Waals surface area contributed by atoms with Crippen LogP contribution in [0, 0.1) is 17.8 Å². The average Bonchev–Trinajstić information content (AvgIpc) is 3.97. The van der Waals surface area contributed by atoms with Crippen molar-refractivity contribution in [3.8, 4) is 0 Å². The van der Waals surface area contributed by atoms with Crippen molar-refractivity contribution >= 4 is 51.1 Å². The van der Waals surface area contributed by atoms with Crippen LogP contribution < -0.4 is 15.4 Å². The zero-order valence-corrected chi connectivity index (χ0v) is 32.2. The van der Waals surface area contributed by atoms with Crippen molar-refractivity contribution in [1.82, 2.24) is 19.8 Å². The molecule has 6 atom stereocenters. The van der Waals surface area contributed by atoms with E-state index in [-0.39, 0.29) is 49.1 Å². The first-order chi connectivity index (χ1) is 24.4. The van der Waals surface area contributed by atoms with Gasteiger partial charge in [-0.3, -0.25) is 24.0 Å². The molecule has 4 amide bonds. The second kappa shape index (κ2) is 13.9. The molecular formula is C38H50ClN5O7S. The van der Waals surface area contributed by atoms with Gasteiger partial charge in [-0.05, 0) is 77.8 Å². The van der Waals surface area contributed by atoms with Gasteiger partial charge < -0.3 is 20.6 Å². The molecule has 4 aliphatic rings. The summed E-state index contributed by atoms with van der Waals surface area (Å²) in [7, 11) is -3.86. The third-order valence-electron chi connectivity index (χ3n) is 11.3. The van der Waals surface area contributed by atoms with E-state index in [1.165, 1.54) is 9.80 Å². The van der Waals surface area contributed by atoms with E-state index in [4.69, 9.17) is 11.6 Å². The average molecular weight is 756 g/mol. The number of nitrogens with one attached hydrogen (secondary N) is 3. The third kappa shape index (κ3) is 7.22. The summed E-state index contributed by atoms with van der Waals surface area (Å²) in [5.74, 6) is -2.62. The Bertz CT molecular complexity index is 1880. The van der Waals surface area contributed by atoms with Gasteiger partial charge in [-0.25, -0.2) is 13.2 Å². The van der Waals surface area contributed by atoms with Gasteiger partial charge in [-0.2, -0.15) is 0 Å². The van der Waals surface area contributed by atoms with Gasteiger partial charge in [0, 0.05) is 23.2 Å². The molecule has 1 saturated heterocycles. The zero-order chi connectivity index (χ0) is 37.9. The number of rotatable bonds is 11. The largest absolute Gasteiger partial charge is 0.465 e. The summed E-state index contributed by atoms with van der Waals surface area (Å²) in [6, 6.07) is 10.7. The summed E-state index contributed by atoms with van der Waals surface area (Å²) in [5.41, 5.74) is 1.71. The molecular weight excluding hydrogens is 706 g/mol. The zero-order valence-electron chi connectivity index (χ0n) is 30.6. The molecule has 0 bridgehead atoms. The normalized spacial score (nSPS) is 26.2. The van der Waals surface area contributed by atoms with Crippen molar-refractivity contribution in [3.05, 3.63) is 64.2 Å². The van der Waals surface area contributed by atoms with E-state index in [1.54, 1.807) is 12.1 Å². The lowest BCUT2D eigenvalue weighted by Crippen LogP contribution is -2.58. The summed E-state index contributed by atoms with van der Waals surface area (Å²) < 4.78 is 27.7. The van der Waals surface area contributed by atoms with Crippen LogP contribution in [0.4, 0.5) is 10.5 Å². The molecule has 3 fully saturated rings. The van der Waals surface area contributed by atoms with Gasteiger partial charge in [0.05, 0.1) is 17.8 Å². The van der Waals surface area contributed by atoms with Crippen molar-refractivity contribution < 1.29 is 32.7 Å². The molecule has 0 spiro atoms. The van der Waals surface area contributed by atoms with Gasteiger partial charge in [0.1, 0.15) is 17.6 Å². The van der Waals surface area contributed by atoms with Crippen LogP contribution >= 0.6 is 11.6 Å². The maximum Gasteiger partial charge on any atom is 0.408 e. The molecule has 14 heteroatoms. The fraction of sp³-hybridized carbons (Fsp3) is 0.579. The molecule has 2 aliphatic carbocycles. The van der Waals surface area contributed by atoms with E-state index in [0.29, 0.717) is 29.8 Å². The predicted octanol–water partition coefficient (Wildman–Crippen LogP) is 5.42. The molecule has 1 unspecified atom stereocenters. The topological polar surface area (TPSA) is 165 Å². The van der Waals surface area contributed by atoms with Crippen LogP contribution in [0.5, 0.6) is 0 Å². The Kier molecular flexibility index (Phi) is 10.1. The Morgan fingerprint density at radius 3 is 2.35 bits per heavy atom. The monoisotopic (exact) mass is 755 g/mol. The third-order valence-corrected chi connectivity index (χ3v) is 13.5. The first-order valence-corrected chi connectivity index (χ1v) is 20.1. The number of hydrogen-bond acceptors (Lipinski definition) is 7. The lowest BCUT2D eigenvalue weighted by Gasteiger charge is -2.32. The van der Waals surface area contributed by atoms with E-state index >= 15 is 0 Å². The Hall–Kier alpha value is -3.84. The van der Waals surface area contributed by atoms with E-state index in [9.17, 15) is 32.7 Å². The Morgan fingerprint density at radius 1 is 1.06 bits per heavy atom. The Labute approximate surface area is 311 Å². The molecule has 52 heavy (non-hydrogen) atoms. The number of carbonyl (C=O) groups excluding carboxylic acids is 3. The van der Waals surface area contributed by atoms with Crippen LogP contribution in [0.25, 0.3) is 0 Å². The molecule has 0 radical (unpaired) electrons. The summed E-state index contributed by atoms with van der Waals surface area (Å²) in [5, 5.41) is 16.5. The molecule has 2 aromatic carbocycles. The summed E-state index contributed by atoms with van der Waals surface area (Å²) in [4.78, 5) is 58.2. The van der Waals surface area contributed by atoms with E-state index in [0.717, 1.165) is 16.8 Å². The fourth-order valence-electron chi connectivity index (χ4n) is 7.98. The number of hydrogen-bond donors (Lipinski definition) is 4. The van der Waals surface area contributed by atoms with Crippen LogP contribution in [0.1, 0.15) is 96.4 Å². The first kappa shape index (κ1) is 37.9. The molecule has 0 aromatic heterocycles. The number of benzene rings is 2. The molecule has 282 valence electrons. The number of sulfonamides is 1. The minimum absolute atomic E-state index is 0.0769. The number of carboxylic acid groups (broad SMARTS) is 1. The van der Waals surface area contributed by atoms with Crippen LogP contribution in [-0.2, 0) is 36.4 Å². The van der Waals surface area contributed by atoms with Crippen molar-refractivity contribution in [2.45, 2.75) is 115 Å². The summed E-state index contributed by atoms with van der Waals surface area (Å²) in [6.45, 7) is 12.2. The van der Waals surface area contributed by atoms with E-state index < -0.39 is 62.8 Å². The second-order valence-corrected chi connectivity index (χ2v) is 18.7. The number of likely N-dealkylation sites (tertiary alicyclic amines) is 1. The van der Waals surface area contributed by atoms with Crippen molar-refractivity contribution in [2.24, 2.45) is 17.8 Å². The molecule has 2 heterocycles. The summed E-state index contributed by atoms with van der Waals surface area (Å²) in [6.07, 6.45) is 0.749. The van der Waals surface area contributed by atoms with Crippen molar-refractivity contribution in [2.75, 3.05) is 11.9 Å². The summed E-state index contributed by atoms with van der Waals surface area (Å²) >= 11 is 6.53. The van der Waals surface area contributed by atoms with Crippen molar-refractivity contribution in [1.29, 1.82) is 0 Å².